The second kappa shape index (κ2) is 7.59. The molecule has 8 heteroatoms. The van der Waals surface area contributed by atoms with Crippen LogP contribution in [-0.4, -0.2) is 42.0 Å². The van der Waals surface area contributed by atoms with Gasteiger partial charge in [-0.05, 0) is 50.2 Å². The number of hydrogen-bond donors (Lipinski definition) is 1. The first-order chi connectivity index (χ1) is 14.6. The Balaban J connectivity index is 1.51. The van der Waals surface area contributed by atoms with Gasteiger partial charge in [0, 0.05) is 38.0 Å². The van der Waals surface area contributed by atoms with Gasteiger partial charge in [0.1, 0.15) is 5.66 Å². The molecule has 0 aromatic heterocycles. The average molecular weight is 431 g/mol. The highest BCUT2D eigenvalue weighted by Gasteiger charge is 2.45. The van der Waals surface area contributed by atoms with Crippen LogP contribution in [0.2, 0.25) is 0 Å². The first-order valence-corrected chi connectivity index (χ1v) is 10.3. The smallest absolute Gasteiger partial charge is 0.348 e. The van der Waals surface area contributed by atoms with E-state index in [-0.39, 0.29) is 17.4 Å². The maximum atomic E-state index is 12.8. The second-order valence-corrected chi connectivity index (χ2v) is 8.12. The number of aryl methyl sites for hydroxylation is 1. The molecule has 0 unspecified atom stereocenters. The fourth-order valence-corrected chi connectivity index (χ4v) is 4.58. The van der Waals surface area contributed by atoms with E-state index in [9.17, 15) is 22.8 Å². The first-order valence-electron chi connectivity index (χ1n) is 10.3. The number of piperidine rings is 1. The lowest BCUT2D eigenvalue weighted by Gasteiger charge is -2.52. The van der Waals surface area contributed by atoms with Gasteiger partial charge in [-0.1, -0.05) is 11.6 Å². The van der Waals surface area contributed by atoms with Gasteiger partial charge in [-0.15, -0.1) is 0 Å². The van der Waals surface area contributed by atoms with Crippen molar-refractivity contribution in [1.29, 1.82) is 0 Å². The van der Waals surface area contributed by atoms with E-state index in [2.05, 4.69) is 10.2 Å². The number of nitrogens with zero attached hydrogens (tertiary/aromatic N) is 2. The predicted molar refractivity (Wildman–Crippen MR) is 111 cm³/mol. The molecule has 164 valence electrons. The van der Waals surface area contributed by atoms with Crippen molar-refractivity contribution < 1.29 is 22.8 Å². The maximum absolute atomic E-state index is 12.8. The van der Waals surface area contributed by atoms with Crippen LogP contribution in [0.15, 0.2) is 42.5 Å². The summed E-state index contributed by atoms with van der Waals surface area (Å²) in [5, 5.41) is 3.16. The van der Waals surface area contributed by atoms with Crippen molar-refractivity contribution in [3.8, 4) is 0 Å². The van der Waals surface area contributed by atoms with Crippen LogP contribution in [0.25, 0.3) is 0 Å². The Morgan fingerprint density at radius 3 is 2.32 bits per heavy atom. The van der Waals surface area contributed by atoms with Crippen LogP contribution in [0.1, 0.15) is 51.6 Å². The molecule has 1 spiro atoms. The number of nitrogens with one attached hydrogen (secondary N) is 1. The van der Waals surface area contributed by atoms with Crippen LogP contribution in [0, 0.1) is 6.92 Å². The standard InChI is InChI=1S/C23H24F3N3O2/c1-3-29-19-9-4-15(2)14-18(19)20(30)27-22(29)10-12-28(13-11-22)21(31)16-5-7-17(8-6-16)23(24,25)26/h4-9,14H,3,10-13H2,1-2H3,(H,27,30). The number of rotatable bonds is 2. The normalized spacial score (nSPS) is 18.0. The molecule has 0 saturated carbocycles. The summed E-state index contributed by atoms with van der Waals surface area (Å²) in [5.74, 6) is -0.421. The van der Waals surface area contributed by atoms with Crippen LogP contribution >= 0.6 is 0 Å². The van der Waals surface area contributed by atoms with Gasteiger partial charge >= 0.3 is 6.18 Å². The predicted octanol–water partition coefficient (Wildman–Crippen LogP) is 4.22. The molecule has 5 nitrogen and oxygen atoms in total. The van der Waals surface area contributed by atoms with Crippen molar-refractivity contribution in [2.24, 2.45) is 0 Å². The quantitative estimate of drug-likeness (QED) is 0.775. The lowest BCUT2D eigenvalue weighted by molar-refractivity contribution is -0.137. The third kappa shape index (κ3) is 3.75. The molecule has 31 heavy (non-hydrogen) atoms. The molecule has 1 fully saturated rings. The van der Waals surface area contributed by atoms with E-state index >= 15 is 0 Å². The molecule has 0 radical (unpaired) electrons. The van der Waals surface area contributed by atoms with Crippen molar-refractivity contribution >= 4 is 17.5 Å². The zero-order valence-corrected chi connectivity index (χ0v) is 17.4. The second-order valence-electron chi connectivity index (χ2n) is 8.12. The number of carbonyl (C=O) groups excluding carboxylic acids is 2. The van der Waals surface area contributed by atoms with Gasteiger partial charge in [-0.25, -0.2) is 0 Å². The largest absolute Gasteiger partial charge is 0.416 e. The van der Waals surface area contributed by atoms with Gasteiger partial charge < -0.3 is 15.1 Å². The zero-order chi connectivity index (χ0) is 22.4. The minimum atomic E-state index is -4.43. The lowest BCUT2D eigenvalue weighted by atomic mass is 9.89. The van der Waals surface area contributed by atoms with Crippen LogP contribution < -0.4 is 10.2 Å². The van der Waals surface area contributed by atoms with Crippen LogP contribution in [0.3, 0.4) is 0 Å². The molecule has 0 atom stereocenters. The minimum Gasteiger partial charge on any atom is -0.348 e. The number of benzene rings is 2. The summed E-state index contributed by atoms with van der Waals surface area (Å²) in [6, 6.07) is 10.1. The van der Waals surface area contributed by atoms with Gasteiger partial charge in [-0.3, -0.25) is 9.59 Å². The van der Waals surface area contributed by atoms with Crippen molar-refractivity contribution in [2.45, 2.75) is 38.5 Å². The molecule has 0 aliphatic carbocycles. The molecule has 2 aliphatic rings. The number of carbonyl (C=O) groups is 2. The van der Waals surface area contributed by atoms with Crippen LogP contribution in [0.5, 0.6) is 0 Å². The number of likely N-dealkylation sites (tertiary alicyclic amines) is 1. The topological polar surface area (TPSA) is 52.7 Å². The zero-order valence-electron chi connectivity index (χ0n) is 17.4. The van der Waals surface area contributed by atoms with Gasteiger partial charge in [0.25, 0.3) is 11.8 Å². The molecular weight excluding hydrogens is 407 g/mol. The SMILES string of the molecule is CCN1c2ccc(C)cc2C(=O)NC12CCN(C(=O)c1ccc(C(F)(F)F)cc1)CC2. The number of anilines is 1. The number of alkyl halides is 3. The van der Waals surface area contributed by atoms with E-state index in [1.54, 1.807) is 4.90 Å². The fourth-order valence-electron chi connectivity index (χ4n) is 4.58. The van der Waals surface area contributed by atoms with Crippen molar-refractivity contribution in [1.82, 2.24) is 10.2 Å². The lowest BCUT2D eigenvalue weighted by Crippen LogP contribution is -2.68. The third-order valence-corrected chi connectivity index (χ3v) is 6.20. The van der Waals surface area contributed by atoms with E-state index < -0.39 is 17.4 Å². The summed E-state index contributed by atoms with van der Waals surface area (Å²) in [7, 11) is 0. The molecular formula is C23H24F3N3O2. The van der Waals surface area contributed by atoms with Gasteiger partial charge in [0.2, 0.25) is 0 Å². The van der Waals surface area contributed by atoms with Crippen molar-refractivity contribution in [3.63, 3.8) is 0 Å². The molecule has 2 aromatic rings. The molecule has 1 saturated heterocycles. The number of fused-ring (bicyclic) bond motifs is 1. The Hall–Kier alpha value is -3.03. The fraction of sp³-hybridized carbons (Fsp3) is 0.391. The highest BCUT2D eigenvalue weighted by atomic mass is 19.4. The molecule has 2 aliphatic heterocycles. The van der Waals surface area contributed by atoms with Crippen LogP contribution in [0.4, 0.5) is 18.9 Å². The molecule has 4 rings (SSSR count). The molecule has 2 amide bonds. The monoisotopic (exact) mass is 431 g/mol. The van der Waals surface area contributed by atoms with E-state index in [0.29, 0.717) is 38.0 Å². The summed E-state index contributed by atoms with van der Waals surface area (Å²) in [6.07, 6.45) is -3.37. The Bertz CT molecular complexity index is 1010. The third-order valence-electron chi connectivity index (χ3n) is 6.20. The highest BCUT2D eigenvalue weighted by molar-refractivity contribution is 6.03. The van der Waals surface area contributed by atoms with E-state index in [4.69, 9.17) is 0 Å². The highest BCUT2D eigenvalue weighted by Crippen LogP contribution is 2.38. The van der Waals surface area contributed by atoms with Gasteiger partial charge in [-0.2, -0.15) is 13.2 Å². The van der Waals surface area contributed by atoms with E-state index in [1.165, 1.54) is 12.1 Å². The maximum Gasteiger partial charge on any atom is 0.416 e. The Morgan fingerprint density at radius 1 is 1.10 bits per heavy atom. The summed E-state index contributed by atoms with van der Waals surface area (Å²) < 4.78 is 38.3. The Kier molecular flexibility index (Phi) is 5.19. The summed E-state index contributed by atoms with van der Waals surface area (Å²) in [4.78, 5) is 29.5. The van der Waals surface area contributed by atoms with Gasteiger partial charge in [0.15, 0.2) is 0 Å². The molecule has 2 heterocycles. The number of hydrogen-bond acceptors (Lipinski definition) is 3. The Morgan fingerprint density at radius 2 is 1.74 bits per heavy atom. The van der Waals surface area contributed by atoms with E-state index in [1.807, 2.05) is 32.0 Å². The number of halogens is 3. The minimum absolute atomic E-state index is 0.120. The van der Waals surface area contributed by atoms with Crippen molar-refractivity contribution in [3.05, 3.63) is 64.7 Å². The summed E-state index contributed by atoms with van der Waals surface area (Å²) in [6.45, 7) is 5.47. The molecule has 1 N–H and O–H groups in total. The summed E-state index contributed by atoms with van der Waals surface area (Å²) >= 11 is 0. The Labute approximate surface area is 178 Å². The van der Waals surface area contributed by atoms with Crippen molar-refractivity contribution in [2.75, 3.05) is 24.5 Å². The molecule has 0 bridgehead atoms. The average Bonchev–Trinajstić information content (AvgIpc) is 2.74. The summed E-state index contributed by atoms with van der Waals surface area (Å²) in [5.41, 5.74) is 1.42. The van der Waals surface area contributed by atoms with E-state index in [0.717, 1.165) is 23.4 Å². The molecule has 2 aromatic carbocycles. The van der Waals surface area contributed by atoms with Gasteiger partial charge in [0.05, 0.1) is 16.8 Å². The van der Waals surface area contributed by atoms with Crippen LogP contribution in [-0.2, 0) is 6.18 Å². The number of amides is 2. The first kappa shape index (κ1) is 21.2.